The molecule has 7 heteroatoms. The van der Waals surface area contributed by atoms with Crippen molar-refractivity contribution < 1.29 is 24.1 Å². The zero-order valence-electron chi connectivity index (χ0n) is 20.9. The molecule has 0 spiro atoms. The lowest BCUT2D eigenvalue weighted by molar-refractivity contribution is -0.116. The normalized spacial score (nSPS) is 20.2. The number of ketones is 2. The Bertz CT molecular complexity index is 1340. The maximum Gasteiger partial charge on any atom is 0.168 e. The smallest absolute Gasteiger partial charge is 0.168 e. The monoisotopic (exact) mass is 498 g/mol. The number of rotatable bonds is 8. The molecule has 1 N–H and O–H groups in total. The van der Waals surface area contributed by atoms with Crippen molar-refractivity contribution >= 4 is 17.3 Å². The second kappa shape index (κ2) is 10.9. The molecule has 2 aliphatic carbocycles. The second-order valence-corrected chi connectivity index (χ2v) is 9.58. The van der Waals surface area contributed by atoms with Crippen LogP contribution in [0.5, 0.6) is 0 Å². The molecule has 0 fully saturated rings. The summed E-state index contributed by atoms with van der Waals surface area (Å²) in [4.78, 5) is 31.6. The van der Waals surface area contributed by atoms with Gasteiger partial charge in [0.2, 0.25) is 0 Å². The first-order valence-corrected chi connectivity index (χ1v) is 12.8. The number of carbonyl (C=O) groups is 2. The number of nitrogens with zero attached hydrogens (tertiary/aromatic N) is 2. The van der Waals surface area contributed by atoms with Crippen molar-refractivity contribution in [2.24, 2.45) is 5.16 Å². The van der Waals surface area contributed by atoms with E-state index in [1.54, 1.807) is 6.92 Å². The van der Waals surface area contributed by atoms with Crippen LogP contribution in [0.15, 0.2) is 81.7 Å². The maximum absolute atomic E-state index is 13.2. The van der Waals surface area contributed by atoms with Crippen molar-refractivity contribution in [1.29, 1.82) is 0 Å². The first-order valence-electron chi connectivity index (χ1n) is 12.8. The Hall–Kier alpha value is -4.00. The Morgan fingerprint density at radius 2 is 1.57 bits per heavy atom. The number of hydrogen-bond donors (Lipinski definition) is 1. The van der Waals surface area contributed by atoms with Gasteiger partial charge >= 0.3 is 0 Å². The Morgan fingerprint density at radius 1 is 0.946 bits per heavy atom. The highest BCUT2D eigenvalue weighted by Crippen LogP contribution is 2.36. The van der Waals surface area contributed by atoms with Gasteiger partial charge in [0.25, 0.3) is 0 Å². The number of aromatic nitrogens is 1. The van der Waals surface area contributed by atoms with Gasteiger partial charge in [-0.3, -0.25) is 9.59 Å². The van der Waals surface area contributed by atoms with Crippen LogP contribution in [0.2, 0.25) is 0 Å². The van der Waals surface area contributed by atoms with E-state index in [2.05, 4.69) is 10.3 Å². The summed E-state index contributed by atoms with van der Waals surface area (Å²) in [6.45, 7) is 2.14. The van der Waals surface area contributed by atoms with Gasteiger partial charge in [-0.05, 0) is 42.7 Å². The van der Waals surface area contributed by atoms with Gasteiger partial charge in [0, 0.05) is 25.7 Å². The van der Waals surface area contributed by atoms with E-state index in [4.69, 9.17) is 9.36 Å². The predicted molar refractivity (Wildman–Crippen MR) is 139 cm³/mol. The Balaban J connectivity index is 1.34. The van der Waals surface area contributed by atoms with E-state index >= 15 is 0 Å². The van der Waals surface area contributed by atoms with E-state index in [-0.39, 0.29) is 47.6 Å². The summed E-state index contributed by atoms with van der Waals surface area (Å²) in [5.74, 6) is 0.453. The highest BCUT2D eigenvalue weighted by Gasteiger charge is 2.34. The molecule has 2 aliphatic rings. The number of oxime groups is 1. The van der Waals surface area contributed by atoms with Crippen LogP contribution < -0.4 is 0 Å². The van der Waals surface area contributed by atoms with Crippen molar-refractivity contribution in [2.75, 3.05) is 6.61 Å². The molecular formula is C30H30N2O5. The molecule has 37 heavy (non-hydrogen) atoms. The third kappa shape index (κ3) is 5.26. The van der Waals surface area contributed by atoms with E-state index in [0.29, 0.717) is 55.0 Å². The standard InChI is InChI=1S/C30H30N2O5/c1-2-36-31-23(29-25(33)15-21(16-26(29)34)19-9-5-3-6-10-19)13-14-24-30-27(35)17-22(18-28(30)37-32-24)20-11-7-4-8-12-20/h3-12,21-22,33H,2,13-18H2,1H3. The molecule has 2 unspecified atom stereocenters. The molecule has 0 radical (unpaired) electrons. The number of fused-ring (bicyclic) bond motifs is 1. The number of aryl methyl sites for hydroxylation is 1. The fraction of sp³-hybridized carbons (Fsp3) is 0.333. The molecule has 5 rings (SSSR count). The highest BCUT2D eigenvalue weighted by molar-refractivity contribution is 6.23. The molecule has 0 bridgehead atoms. The predicted octanol–water partition coefficient (Wildman–Crippen LogP) is 5.87. The van der Waals surface area contributed by atoms with Crippen molar-refractivity contribution in [3.63, 3.8) is 0 Å². The average molecular weight is 499 g/mol. The van der Waals surface area contributed by atoms with Crippen LogP contribution in [0.4, 0.5) is 0 Å². The summed E-state index contributed by atoms with van der Waals surface area (Å²) in [5, 5.41) is 19.3. The number of hydrogen-bond acceptors (Lipinski definition) is 7. The van der Waals surface area contributed by atoms with Crippen LogP contribution >= 0.6 is 0 Å². The molecule has 3 aromatic rings. The Morgan fingerprint density at radius 3 is 2.19 bits per heavy atom. The van der Waals surface area contributed by atoms with Gasteiger partial charge in [-0.2, -0.15) is 0 Å². The molecule has 1 heterocycles. The zero-order chi connectivity index (χ0) is 25.8. The van der Waals surface area contributed by atoms with E-state index < -0.39 is 0 Å². The number of aliphatic hydroxyl groups excluding tert-OH is 1. The summed E-state index contributed by atoms with van der Waals surface area (Å²) in [5.41, 5.74) is 3.82. The van der Waals surface area contributed by atoms with Crippen LogP contribution in [0, 0.1) is 0 Å². The third-order valence-corrected chi connectivity index (χ3v) is 7.15. The van der Waals surface area contributed by atoms with Crippen LogP contribution in [0.1, 0.15) is 77.4 Å². The van der Waals surface area contributed by atoms with Crippen LogP contribution in [-0.4, -0.2) is 34.1 Å². The molecule has 0 saturated heterocycles. The first kappa shape index (κ1) is 24.7. The molecule has 0 amide bonds. The number of aliphatic hydroxyl groups is 1. The van der Waals surface area contributed by atoms with Crippen molar-refractivity contribution in [1.82, 2.24) is 5.16 Å². The molecule has 0 saturated carbocycles. The molecular weight excluding hydrogens is 468 g/mol. The zero-order valence-corrected chi connectivity index (χ0v) is 20.9. The number of carbonyl (C=O) groups excluding carboxylic acids is 2. The second-order valence-electron chi connectivity index (χ2n) is 9.58. The van der Waals surface area contributed by atoms with E-state index in [0.717, 1.165) is 11.1 Å². The summed E-state index contributed by atoms with van der Waals surface area (Å²) < 4.78 is 5.60. The van der Waals surface area contributed by atoms with E-state index in [1.807, 2.05) is 60.7 Å². The quantitative estimate of drug-likeness (QED) is 0.308. The SMILES string of the molecule is CCON=C(CCc1noc2c1C(=O)CC(c1ccccc1)C2)C1=C(O)CC(c2ccccc2)CC1=O. The Kier molecular flexibility index (Phi) is 7.30. The third-order valence-electron chi connectivity index (χ3n) is 7.15. The van der Waals surface area contributed by atoms with Crippen molar-refractivity contribution in [3.8, 4) is 0 Å². The van der Waals surface area contributed by atoms with Crippen molar-refractivity contribution in [2.45, 2.75) is 57.3 Å². The fourth-order valence-corrected chi connectivity index (χ4v) is 5.35. The number of allylic oxidation sites excluding steroid dienone is 2. The topological polar surface area (TPSA) is 102 Å². The minimum absolute atomic E-state index is 0.0103. The molecule has 1 aromatic heterocycles. The van der Waals surface area contributed by atoms with Crippen LogP contribution in [0.3, 0.4) is 0 Å². The van der Waals surface area contributed by atoms with Gasteiger partial charge in [0.15, 0.2) is 11.6 Å². The molecule has 2 atom stereocenters. The summed E-state index contributed by atoms with van der Waals surface area (Å²) >= 11 is 0. The summed E-state index contributed by atoms with van der Waals surface area (Å²) in [6, 6.07) is 19.7. The van der Waals surface area contributed by atoms with Gasteiger partial charge in [-0.1, -0.05) is 71.0 Å². The lowest BCUT2D eigenvalue weighted by Gasteiger charge is -2.24. The first-order chi connectivity index (χ1) is 18.0. The van der Waals surface area contributed by atoms with E-state index in [9.17, 15) is 14.7 Å². The maximum atomic E-state index is 13.2. The summed E-state index contributed by atoms with van der Waals surface area (Å²) in [7, 11) is 0. The van der Waals surface area contributed by atoms with Gasteiger partial charge in [-0.15, -0.1) is 0 Å². The molecule has 2 aromatic carbocycles. The molecule has 0 aliphatic heterocycles. The Labute approximate surface area is 215 Å². The van der Waals surface area contributed by atoms with Gasteiger partial charge in [0.05, 0.1) is 22.5 Å². The minimum Gasteiger partial charge on any atom is -0.511 e. The fourth-order valence-electron chi connectivity index (χ4n) is 5.35. The largest absolute Gasteiger partial charge is 0.511 e. The lowest BCUT2D eigenvalue weighted by atomic mass is 9.80. The lowest BCUT2D eigenvalue weighted by Crippen LogP contribution is -2.25. The average Bonchev–Trinajstić information content (AvgIpc) is 3.34. The summed E-state index contributed by atoms with van der Waals surface area (Å²) in [6.07, 6.45) is 2.29. The number of benzene rings is 2. The van der Waals surface area contributed by atoms with Gasteiger partial charge in [0.1, 0.15) is 18.1 Å². The number of Topliss-reactive ketones (excluding diaryl/α,β-unsaturated/α-hetero) is 2. The molecule has 190 valence electrons. The van der Waals surface area contributed by atoms with Crippen LogP contribution in [-0.2, 0) is 22.5 Å². The molecule has 7 nitrogen and oxygen atoms in total. The van der Waals surface area contributed by atoms with Crippen LogP contribution in [0.25, 0.3) is 0 Å². The highest BCUT2D eigenvalue weighted by atomic mass is 16.6. The van der Waals surface area contributed by atoms with Gasteiger partial charge < -0.3 is 14.5 Å². The van der Waals surface area contributed by atoms with Crippen molar-refractivity contribution in [3.05, 3.63) is 100 Å². The minimum atomic E-state index is -0.167. The van der Waals surface area contributed by atoms with E-state index in [1.165, 1.54) is 0 Å². The van der Waals surface area contributed by atoms with Gasteiger partial charge in [-0.25, -0.2) is 0 Å².